The molecule has 2 atom stereocenters. The molecule has 0 bridgehead atoms. The highest BCUT2D eigenvalue weighted by atomic mass is 16.5. The number of fused-ring (bicyclic) bond motifs is 2. The number of hydrogen-bond donors (Lipinski definition) is 2. The number of benzene rings is 3. The lowest BCUT2D eigenvalue weighted by molar-refractivity contribution is -0.114. The van der Waals surface area contributed by atoms with Gasteiger partial charge in [-0.05, 0) is 81.3 Å². The van der Waals surface area contributed by atoms with E-state index in [1.54, 1.807) is 33.1 Å². The van der Waals surface area contributed by atoms with Crippen LogP contribution in [0.25, 0.3) is 6.08 Å². The Kier molecular flexibility index (Phi) is 9.59. The predicted molar refractivity (Wildman–Crippen MR) is 184 cm³/mol. The van der Waals surface area contributed by atoms with Crippen molar-refractivity contribution < 1.29 is 38.8 Å². The molecule has 2 aliphatic heterocycles. The first-order valence-electron chi connectivity index (χ1n) is 15.7. The molecule has 8 heteroatoms. The number of Topliss-reactive ketones (excluding diaryl/α,β-unsaturated/α-hetero) is 1. The van der Waals surface area contributed by atoms with Gasteiger partial charge in [-0.2, -0.15) is 0 Å². The Morgan fingerprint density at radius 3 is 2.44 bits per heavy atom. The van der Waals surface area contributed by atoms with Crippen LogP contribution in [0.1, 0.15) is 66.2 Å². The summed E-state index contributed by atoms with van der Waals surface area (Å²) in [5.41, 5.74) is 2.67. The number of phenols is 1. The number of phenolic OH excluding ortho intramolecular Hbond substituents is 1. The Balaban J connectivity index is 0.000000224. The molecule has 0 amide bonds. The molecule has 0 fully saturated rings. The van der Waals surface area contributed by atoms with E-state index in [-0.39, 0.29) is 41.0 Å². The molecule has 3 aromatic carbocycles. The van der Waals surface area contributed by atoms with Gasteiger partial charge in [-0.25, -0.2) is 0 Å². The zero-order chi connectivity index (χ0) is 34.8. The monoisotopic (exact) mass is 648 g/mol. The van der Waals surface area contributed by atoms with Crippen molar-refractivity contribution in [3.8, 4) is 23.0 Å². The highest BCUT2D eigenvalue weighted by Gasteiger charge is 2.36. The number of carbonyl (C=O) groups excluding carboxylic acids is 3. The van der Waals surface area contributed by atoms with Crippen LogP contribution < -0.4 is 14.2 Å². The second-order valence-corrected chi connectivity index (χ2v) is 13.0. The van der Waals surface area contributed by atoms with Crippen molar-refractivity contribution in [3.05, 3.63) is 125 Å². The van der Waals surface area contributed by atoms with Gasteiger partial charge in [-0.3, -0.25) is 14.4 Å². The second-order valence-electron chi connectivity index (χ2n) is 13.0. The van der Waals surface area contributed by atoms with E-state index in [1.165, 1.54) is 24.3 Å². The fraction of sp³-hybridized carbons (Fsp3) is 0.275. The van der Waals surface area contributed by atoms with E-state index in [9.17, 15) is 24.6 Å². The van der Waals surface area contributed by atoms with Gasteiger partial charge in [0.05, 0.1) is 24.3 Å². The summed E-state index contributed by atoms with van der Waals surface area (Å²) in [7, 11) is 1.56. The summed E-state index contributed by atoms with van der Waals surface area (Å²) in [5.74, 6) is 0.872. The fourth-order valence-corrected chi connectivity index (χ4v) is 5.89. The van der Waals surface area contributed by atoms with Crippen LogP contribution in [-0.2, 0) is 22.4 Å². The van der Waals surface area contributed by atoms with Crippen molar-refractivity contribution in [1.82, 2.24) is 0 Å². The summed E-state index contributed by atoms with van der Waals surface area (Å²) >= 11 is 0. The summed E-state index contributed by atoms with van der Waals surface area (Å²) in [6.07, 6.45) is 9.28. The zero-order valence-electron chi connectivity index (χ0n) is 27.8. The maximum absolute atomic E-state index is 13.1. The molecule has 3 aromatic rings. The summed E-state index contributed by atoms with van der Waals surface area (Å²) in [4.78, 5) is 36.2. The molecule has 8 nitrogen and oxygen atoms in total. The lowest BCUT2D eigenvalue weighted by Gasteiger charge is -2.37. The quantitative estimate of drug-likeness (QED) is 0.166. The lowest BCUT2D eigenvalue weighted by atomic mass is 9.86. The molecule has 2 N–H and O–H groups in total. The van der Waals surface area contributed by atoms with Gasteiger partial charge in [0.1, 0.15) is 34.2 Å². The number of hydrogen-bond acceptors (Lipinski definition) is 8. The van der Waals surface area contributed by atoms with Crippen LogP contribution in [-0.4, -0.2) is 52.0 Å². The van der Waals surface area contributed by atoms with Crippen LogP contribution in [0, 0.1) is 0 Å². The number of aromatic hydroxyl groups is 1. The van der Waals surface area contributed by atoms with E-state index in [4.69, 9.17) is 14.2 Å². The Morgan fingerprint density at radius 1 is 1.02 bits per heavy atom. The molecule has 0 radical (unpaired) electrons. The van der Waals surface area contributed by atoms with E-state index < -0.39 is 17.3 Å². The molecule has 0 aromatic heterocycles. The standard InChI is InChI=1S/C25H28O6.C15H12O2/c1-24(2)9-8-16-20(30-24)7-6-14(23(16)29-5)11-18(26)17-10-15-12-22(28)25(3,4)31-21(15)13-19(17)27;1-2-13(11-6-4-3-5-7-11)14-10-12(16)8-9-15(14)17/h6-10,13,22,27-28H,11-12H2,1-5H3;2-10,13H,1H2. The molecule has 48 heavy (non-hydrogen) atoms. The SMILES string of the molecule is C=CC(C1=CC(=O)C=CC1=O)c1ccccc1.COc1c(CC(=O)c2cc3c(cc2O)OC(C)(C)C(O)C3)ccc2c1C=CC(C)(C)O2. The Labute approximate surface area is 280 Å². The number of ketones is 3. The van der Waals surface area contributed by atoms with Crippen LogP contribution in [0.3, 0.4) is 0 Å². The Hall–Kier alpha value is -5.21. The minimum Gasteiger partial charge on any atom is -0.507 e. The van der Waals surface area contributed by atoms with Gasteiger partial charge in [-0.1, -0.05) is 42.5 Å². The van der Waals surface area contributed by atoms with E-state index in [2.05, 4.69) is 6.58 Å². The number of rotatable bonds is 7. The molecule has 0 saturated carbocycles. The maximum Gasteiger partial charge on any atom is 0.183 e. The predicted octanol–water partition coefficient (Wildman–Crippen LogP) is 6.68. The van der Waals surface area contributed by atoms with Gasteiger partial charge in [0, 0.05) is 36.0 Å². The van der Waals surface area contributed by atoms with Crippen molar-refractivity contribution in [1.29, 1.82) is 0 Å². The summed E-state index contributed by atoms with van der Waals surface area (Å²) in [6, 6.07) is 16.3. The van der Waals surface area contributed by atoms with Crippen LogP contribution in [0.4, 0.5) is 0 Å². The molecular weight excluding hydrogens is 608 g/mol. The first-order valence-corrected chi connectivity index (χ1v) is 15.7. The van der Waals surface area contributed by atoms with Crippen LogP contribution in [0.2, 0.25) is 0 Å². The zero-order valence-corrected chi connectivity index (χ0v) is 27.8. The molecule has 6 rings (SSSR count). The van der Waals surface area contributed by atoms with Gasteiger partial charge < -0.3 is 24.4 Å². The smallest absolute Gasteiger partial charge is 0.183 e. The fourth-order valence-electron chi connectivity index (χ4n) is 5.89. The summed E-state index contributed by atoms with van der Waals surface area (Å²) in [6.45, 7) is 11.3. The first-order chi connectivity index (χ1) is 22.7. The normalized spacial score (nSPS) is 18.9. The van der Waals surface area contributed by atoms with Crippen LogP contribution in [0.5, 0.6) is 23.0 Å². The molecule has 248 valence electrons. The van der Waals surface area contributed by atoms with Crippen molar-refractivity contribution in [3.63, 3.8) is 0 Å². The molecule has 2 heterocycles. The highest BCUT2D eigenvalue weighted by molar-refractivity contribution is 6.18. The van der Waals surface area contributed by atoms with E-state index in [0.717, 1.165) is 11.1 Å². The summed E-state index contributed by atoms with van der Waals surface area (Å²) in [5, 5.41) is 20.8. The molecule has 1 aliphatic carbocycles. The molecular formula is C40H40O8. The third-order valence-electron chi connectivity index (χ3n) is 8.60. The van der Waals surface area contributed by atoms with Crippen LogP contribution >= 0.6 is 0 Å². The summed E-state index contributed by atoms with van der Waals surface area (Å²) < 4.78 is 17.4. The van der Waals surface area contributed by atoms with Gasteiger partial charge in [0.2, 0.25) is 0 Å². The van der Waals surface area contributed by atoms with Crippen molar-refractivity contribution >= 4 is 23.4 Å². The average molecular weight is 649 g/mol. The minimum absolute atomic E-state index is 0.0505. The van der Waals surface area contributed by atoms with E-state index in [1.807, 2.05) is 68.5 Å². The molecule has 2 unspecified atom stereocenters. The Bertz CT molecular complexity index is 1860. The molecule has 0 spiro atoms. The van der Waals surface area contributed by atoms with E-state index in [0.29, 0.717) is 40.4 Å². The molecule has 3 aliphatic rings. The van der Waals surface area contributed by atoms with Gasteiger partial charge >= 0.3 is 0 Å². The lowest BCUT2D eigenvalue weighted by Crippen LogP contribution is -2.46. The topological polar surface area (TPSA) is 119 Å². The largest absolute Gasteiger partial charge is 0.507 e. The van der Waals surface area contributed by atoms with Crippen molar-refractivity contribution in [2.45, 2.75) is 63.8 Å². The second kappa shape index (κ2) is 13.5. The van der Waals surface area contributed by atoms with Crippen molar-refractivity contribution in [2.24, 2.45) is 0 Å². The number of methoxy groups -OCH3 is 1. The third kappa shape index (κ3) is 7.19. The van der Waals surface area contributed by atoms with Crippen LogP contribution in [0.15, 0.2) is 97.1 Å². The maximum atomic E-state index is 13.1. The third-order valence-corrected chi connectivity index (χ3v) is 8.60. The number of aliphatic hydroxyl groups is 1. The minimum atomic E-state index is -0.758. The molecule has 0 saturated heterocycles. The van der Waals surface area contributed by atoms with Gasteiger partial charge in [0.15, 0.2) is 17.3 Å². The number of aliphatic hydroxyl groups excluding tert-OH is 1. The Morgan fingerprint density at radius 2 is 1.75 bits per heavy atom. The number of ether oxygens (including phenoxy) is 3. The number of allylic oxidation sites excluding steroid dienone is 5. The highest BCUT2D eigenvalue weighted by Crippen LogP contribution is 2.41. The van der Waals surface area contributed by atoms with E-state index >= 15 is 0 Å². The van der Waals surface area contributed by atoms with Gasteiger partial charge in [0.25, 0.3) is 0 Å². The van der Waals surface area contributed by atoms with Gasteiger partial charge in [-0.15, -0.1) is 6.58 Å². The number of carbonyl (C=O) groups is 3. The van der Waals surface area contributed by atoms with Crippen molar-refractivity contribution in [2.75, 3.05) is 7.11 Å². The average Bonchev–Trinajstić information content (AvgIpc) is 3.04. The first kappa shape index (κ1) is 34.1.